The molecule has 1 fully saturated rings. The molecule has 0 saturated heterocycles. The van der Waals surface area contributed by atoms with Crippen molar-refractivity contribution in [2.75, 3.05) is 11.4 Å². The van der Waals surface area contributed by atoms with Crippen LogP contribution in [-0.2, 0) is 6.54 Å². The first kappa shape index (κ1) is 15.5. The molecule has 1 aliphatic rings. The number of anilines is 1. The van der Waals surface area contributed by atoms with Gasteiger partial charge in [-0.15, -0.1) is 11.3 Å². The number of thiophene rings is 1. The molecule has 0 atom stereocenters. The lowest BCUT2D eigenvalue weighted by atomic mass is 10.0. The number of benzene rings is 1. The van der Waals surface area contributed by atoms with Crippen molar-refractivity contribution in [1.82, 2.24) is 9.97 Å². The normalized spacial score (nSPS) is 16.5. The van der Waals surface area contributed by atoms with E-state index in [2.05, 4.69) is 45.2 Å². The van der Waals surface area contributed by atoms with Gasteiger partial charge in [-0.1, -0.05) is 43.2 Å². The maximum Gasteiger partial charge on any atom is 0.141 e. The Bertz CT molecular complexity index is 812. The van der Waals surface area contributed by atoms with Gasteiger partial charge in [0, 0.05) is 13.1 Å². The van der Waals surface area contributed by atoms with E-state index in [0.717, 1.165) is 48.3 Å². The van der Waals surface area contributed by atoms with Crippen molar-refractivity contribution in [2.24, 2.45) is 0 Å². The zero-order valence-electron chi connectivity index (χ0n) is 13.6. The Morgan fingerprint density at radius 1 is 1.08 bits per heavy atom. The first-order chi connectivity index (χ1) is 11.7. The predicted octanol–water partition coefficient (Wildman–Crippen LogP) is 4.00. The van der Waals surface area contributed by atoms with E-state index in [-0.39, 0.29) is 0 Å². The third-order valence-corrected chi connectivity index (χ3v) is 5.60. The molecular formula is C19H21N3OS. The van der Waals surface area contributed by atoms with Gasteiger partial charge in [-0.3, -0.25) is 0 Å². The molecule has 0 radical (unpaired) electrons. The molecule has 0 unspecified atom stereocenters. The second kappa shape index (κ2) is 6.49. The average molecular weight is 339 g/mol. The highest BCUT2D eigenvalue weighted by Crippen LogP contribution is 2.34. The monoisotopic (exact) mass is 339 g/mol. The average Bonchev–Trinajstić information content (AvgIpc) is 3.24. The van der Waals surface area contributed by atoms with Gasteiger partial charge in [0.25, 0.3) is 0 Å². The van der Waals surface area contributed by atoms with Crippen LogP contribution < -0.4 is 4.90 Å². The van der Waals surface area contributed by atoms with Crippen LogP contribution in [0.4, 0.5) is 5.82 Å². The molecule has 24 heavy (non-hydrogen) atoms. The van der Waals surface area contributed by atoms with E-state index in [0.29, 0.717) is 6.54 Å². The molecular weight excluding hydrogens is 318 g/mol. The number of rotatable bonds is 5. The summed E-state index contributed by atoms with van der Waals surface area (Å²) in [5, 5.41) is 14.1. The molecule has 4 nitrogen and oxygen atoms in total. The van der Waals surface area contributed by atoms with Crippen LogP contribution in [0.25, 0.3) is 10.2 Å². The van der Waals surface area contributed by atoms with Crippen molar-refractivity contribution in [2.45, 2.75) is 37.8 Å². The third kappa shape index (κ3) is 3.14. The van der Waals surface area contributed by atoms with Crippen molar-refractivity contribution >= 4 is 27.4 Å². The summed E-state index contributed by atoms with van der Waals surface area (Å²) in [6.07, 6.45) is 5.58. The van der Waals surface area contributed by atoms with E-state index in [1.165, 1.54) is 5.56 Å². The molecule has 0 aliphatic heterocycles. The Kier molecular flexibility index (Phi) is 4.21. The Morgan fingerprint density at radius 3 is 2.67 bits per heavy atom. The Labute approximate surface area is 145 Å². The van der Waals surface area contributed by atoms with Crippen LogP contribution in [0.5, 0.6) is 0 Å². The van der Waals surface area contributed by atoms with Gasteiger partial charge in [0.05, 0.1) is 11.0 Å². The molecule has 2 aromatic heterocycles. The van der Waals surface area contributed by atoms with E-state index in [1.54, 1.807) is 17.7 Å². The summed E-state index contributed by atoms with van der Waals surface area (Å²) in [6, 6.07) is 12.5. The smallest absolute Gasteiger partial charge is 0.141 e. The minimum atomic E-state index is -0.609. The van der Waals surface area contributed by atoms with Gasteiger partial charge in [-0.25, -0.2) is 9.97 Å². The molecule has 1 N–H and O–H groups in total. The number of nitrogens with zero attached hydrogens (tertiary/aromatic N) is 3. The highest BCUT2D eigenvalue weighted by Gasteiger charge is 2.34. The molecule has 3 aromatic rings. The van der Waals surface area contributed by atoms with E-state index >= 15 is 0 Å². The first-order valence-electron chi connectivity index (χ1n) is 8.43. The molecule has 0 amide bonds. The minimum Gasteiger partial charge on any atom is -0.388 e. The van der Waals surface area contributed by atoms with E-state index in [9.17, 15) is 5.11 Å². The highest BCUT2D eigenvalue weighted by atomic mass is 32.1. The topological polar surface area (TPSA) is 49.2 Å². The van der Waals surface area contributed by atoms with Gasteiger partial charge in [0.15, 0.2) is 0 Å². The Morgan fingerprint density at radius 2 is 1.88 bits per heavy atom. The second-order valence-electron chi connectivity index (χ2n) is 6.61. The largest absolute Gasteiger partial charge is 0.388 e. The summed E-state index contributed by atoms with van der Waals surface area (Å²) in [5.74, 6) is 0.922. The van der Waals surface area contributed by atoms with Gasteiger partial charge >= 0.3 is 0 Å². The van der Waals surface area contributed by atoms with Gasteiger partial charge in [0.1, 0.15) is 17.0 Å². The second-order valence-corrected chi connectivity index (χ2v) is 7.50. The van der Waals surface area contributed by atoms with Crippen LogP contribution in [0.2, 0.25) is 0 Å². The van der Waals surface area contributed by atoms with Gasteiger partial charge in [-0.2, -0.15) is 0 Å². The van der Waals surface area contributed by atoms with Gasteiger partial charge in [0.2, 0.25) is 0 Å². The number of fused-ring (bicyclic) bond motifs is 1. The van der Waals surface area contributed by atoms with Crippen molar-refractivity contribution in [1.29, 1.82) is 0 Å². The minimum absolute atomic E-state index is 0.609. The quantitative estimate of drug-likeness (QED) is 0.763. The highest BCUT2D eigenvalue weighted by molar-refractivity contribution is 7.16. The Hall–Kier alpha value is -1.98. The molecule has 124 valence electrons. The molecule has 2 heterocycles. The van der Waals surface area contributed by atoms with Gasteiger partial charge in [-0.05, 0) is 29.9 Å². The number of aromatic nitrogens is 2. The van der Waals surface area contributed by atoms with Crippen LogP contribution in [0.1, 0.15) is 31.2 Å². The number of aliphatic hydroxyl groups is 1. The molecule has 1 saturated carbocycles. The summed E-state index contributed by atoms with van der Waals surface area (Å²) in [7, 11) is 0. The molecule has 0 bridgehead atoms. The van der Waals surface area contributed by atoms with Gasteiger partial charge < -0.3 is 10.0 Å². The molecule has 1 aromatic carbocycles. The maximum atomic E-state index is 10.9. The predicted molar refractivity (Wildman–Crippen MR) is 98.3 cm³/mol. The van der Waals surface area contributed by atoms with Crippen molar-refractivity contribution < 1.29 is 5.11 Å². The van der Waals surface area contributed by atoms with Crippen molar-refractivity contribution in [3.05, 3.63) is 53.7 Å². The molecule has 4 rings (SSSR count). The van der Waals surface area contributed by atoms with Crippen LogP contribution in [0, 0.1) is 0 Å². The fourth-order valence-electron chi connectivity index (χ4n) is 3.58. The SMILES string of the molecule is OC1(CN(Cc2ccccc2)c2ncnc3sccc23)CCCC1. The van der Waals surface area contributed by atoms with E-state index < -0.39 is 5.60 Å². The fourth-order valence-corrected chi connectivity index (χ4v) is 4.31. The van der Waals surface area contributed by atoms with E-state index in [4.69, 9.17) is 0 Å². The third-order valence-electron chi connectivity index (χ3n) is 4.78. The van der Waals surface area contributed by atoms with E-state index in [1.807, 2.05) is 11.4 Å². The number of hydrogen-bond donors (Lipinski definition) is 1. The zero-order chi connectivity index (χ0) is 16.4. The van der Waals surface area contributed by atoms with Crippen molar-refractivity contribution in [3.63, 3.8) is 0 Å². The van der Waals surface area contributed by atoms with Crippen molar-refractivity contribution in [3.8, 4) is 0 Å². The fraction of sp³-hybridized carbons (Fsp3) is 0.368. The van der Waals surface area contributed by atoms with Crippen LogP contribution in [-0.4, -0.2) is 27.2 Å². The first-order valence-corrected chi connectivity index (χ1v) is 9.31. The van der Waals surface area contributed by atoms with Crippen LogP contribution in [0.3, 0.4) is 0 Å². The standard InChI is InChI=1S/C19H21N3OS/c23-19(9-4-5-10-19)13-22(12-15-6-2-1-3-7-15)17-16-8-11-24-18(16)21-14-20-17/h1-3,6-8,11,14,23H,4-5,9-10,12-13H2. The summed E-state index contributed by atoms with van der Waals surface area (Å²) < 4.78 is 0. The maximum absolute atomic E-state index is 10.9. The molecule has 0 spiro atoms. The molecule has 5 heteroatoms. The Balaban J connectivity index is 1.70. The summed E-state index contributed by atoms with van der Waals surface area (Å²) in [4.78, 5) is 12.1. The zero-order valence-corrected chi connectivity index (χ0v) is 14.4. The summed E-state index contributed by atoms with van der Waals surface area (Å²) in [5.41, 5.74) is 0.614. The lowest BCUT2D eigenvalue weighted by molar-refractivity contribution is 0.0543. The molecule has 1 aliphatic carbocycles. The number of hydrogen-bond acceptors (Lipinski definition) is 5. The lowest BCUT2D eigenvalue weighted by Crippen LogP contribution is -2.41. The lowest BCUT2D eigenvalue weighted by Gasteiger charge is -2.32. The van der Waals surface area contributed by atoms with Crippen LogP contribution >= 0.6 is 11.3 Å². The van der Waals surface area contributed by atoms with Crippen LogP contribution in [0.15, 0.2) is 48.1 Å². The summed E-state index contributed by atoms with van der Waals surface area (Å²) in [6.45, 7) is 1.36. The summed E-state index contributed by atoms with van der Waals surface area (Å²) >= 11 is 1.63.